The molecule has 2 aromatic carbocycles. The van der Waals surface area contributed by atoms with E-state index in [1.807, 2.05) is 13.0 Å². The maximum absolute atomic E-state index is 14.0. The second kappa shape index (κ2) is 7.23. The average Bonchev–Trinajstić information content (AvgIpc) is 2.63. The summed E-state index contributed by atoms with van der Waals surface area (Å²) >= 11 is 0. The van der Waals surface area contributed by atoms with Gasteiger partial charge in [-0.3, -0.25) is 9.78 Å². The number of nitrogens with zero attached hydrogens (tertiary/aromatic N) is 1. The Kier molecular flexibility index (Phi) is 4.86. The summed E-state index contributed by atoms with van der Waals surface area (Å²) in [5.74, 6) is -0.927. The number of aryl methyl sites for hydroxylation is 1. The lowest BCUT2D eigenvalue weighted by molar-refractivity contribution is 0.102. The Morgan fingerprint density at radius 2 is 2.00 bits per heavy atom. The number of benzene rings is 2. The normalized spacial score (nSPS) is 10.5. The predicted molar refractivity (Wildman–Crippen MR) is 94.7 cm³/mol. The van der Waals surface area contributed by atoms with E-state index in [0.29, 0.717) is 22.5 Å². The van der Waals surface area contributed by atoms with Crippen LogP contribution in [-0.4, -0.2) is 16.0 Å². The average molecular weight is 336 g/mol. The summed E-state index contributed by atoms with van der Waals surface area (Å²) in [5, 5.41) is 12.0. The molecule has 1 aromatic heterocycles. The molecule has 0 aliphatic rings. The fourth-order valence-electron chi connectivity index (χ4n) is 2.50. The number of carbonyl (C=O) groups excluding carboxylic acids is 1. The van der Waals surface area contributed by atoms with Crippen molar-refractivity contribution in [3.8, 4) is 11.3 Å². The number of carbonyl (C=O) groups is 1. The maximum Gasteiger partial charge on any atom is 0.255 e. The molecular weight excluding hydrogens is 319 g/mol. The minimum absolute atomic E-state index is 0.118. The third-order valence-corrected chi connectivity index (χ3v) is 3.85. The number of aliphatic hydroxyl groups excluding tert-OH is 1. The summed E-state index contributed by atoms with van der Waals surface area (Å²) in [6.45, 7) is 1.73. The van der Waals surface area contributed by atoms with E-state index in [1.54, 1.807) is 42.6 Å². The molecule has 25 heavy (non-hydrogen) atoms. The number of nitrogens with one attached hydrogen (secondary N) is 1. The van der Waals surface area contributed by atoms with Gasteiger partial charge < -0.3 is 10.4 Å². The first kappa shape index (κ1) is 16.8. The van der Waals surface area contributed by atoms with Crippen molar-refractivity contribution in [2.75, 3.05) is 5.32 Å². The summed E-state index contributed by atoms with van der Waals surface area (Å²) in [7, 11) is 0. The smallest absolute Gasteiger partial charge is 0.255 e. The summed E-state index contributed by atoms with van der Waals surface area (Å²) in [4.78, 5) is 16.7. The van der Waals surface area contributed by atoms with Gasteiger partial charge >= 0.3 is 0 Å². The first-order valence-corrected chi connectivity index (χ1v) is 7.80. The Balaban J connectivity index is 1.91. The van der Waals surface area contributed by atoms with Crippen LogP contribution in [0.1, 0.15) is 21.5 Å². The zero-order valence-electron chi connectivity index (χ0n) is 13.7. The van der Waals surface area contributed by atoms with Crippen molar-refractivity contribution in [2.45, 2.75) is 13.5 Å². The van der Waals surface area contributed by atoms with Crippen LogP contribution in [0.3, 0.4) is 0 Å². The van der Waals surface area contributed by atoms with Crippen LogP contribution >= 0.6 is 0 Å². The lowest BCUT2D eigenvalue weighted by Gasteiger charge is -2.11. The molecule has 0 spiro atoms. The third kappa shape index (κ3) is 3.89. The van der Waals surface area contributed by atoms with E-state index < -0.39 is 11.7 Å². The molecule has 3 aromatic rings. The van der Waals surface area contributed by atoms with Crippen LogP contribution in [0, 0.1) is 12.7 Å². The third-order valence-electron chi connectivity index (χ3n) is 3.85. The van der Waals surface area contributed by atoms with Crippen molar-refractivity contribution in [1.82, 2.24) is 4.98 Å². The van der Waals surface area contributed by atoms with Crippen molar-refractivity contribution >= 4 is 11.6 Å². The number of pyridine rings is 1. The molecule has 0 aliphatic heterocycles. The maximum atomic E-state index is 14.0. The zero-order chi connectivity index (χ0) is 17.8. The first-order valence-electron chi connectivity index (χ1n) is 7.80. The van der Waals surface area contributed by atoms with Gasteiger partial charge in [-0.15, -0.1) is 0 Å². The zero-order valence-corrected chi connectivity index (χ0v) is 13.7. The number of amides is 1. The molecule has 0 radical (unpaired) electrons. The molecule has 1 amide bonds. The molecule has 0 aliphatic carbocycles. The van der Waals surface area contributed by atoms with Gasteiger partial charge in [-0.05, 0) is 54.4 Å². The van der Waals surface area contributed by atoms with E-state index in [4.69, 9.17) is 0 Å². The van der Waals surface area contributed by atoms with Crippen molar-refractivity contribution in [3.63, 3.8) is 0 Å². The van der Waals surface area contributed by atoms with Gasteiger partial charge in [0.15, 0.2) is 0 Å². The first-order chi connectivity index (χ1) is 12.1. The Bertz CT molecular complexity index is 911. The monoisotopic (exact) mass is 336 g/mol. The van der Waals surface area contributed by atoms with Gasteiger partial charge in [0.1, 0.15) is 5.82 Å². The number of aliphatic hydroxyl groups is 1. The van der Waals surface area contributed by atoms with Gasteiger partial charge in [-0.2, -0.15) is 0 Å². The molecule has 0 fully saturated rings. The van der Waals surface area contributed by atoms with Crippen LogP contribution < -0.4 is 5.32 Å². The summed E-state index contributed by atoms with van der Waals surface area (Å²) < 4.78 is 14.0. The van der Waals surface area contributed by atoms with Crippen LogP contribution in [0.4, 0.5) is 10.1 Å². The summed E-state index contributed by atoms with van der Waals surface area (Å²) in [6, 6.07) is 14.8. The quantitative estimate of drug-likeness (QED) is 0.758. The lowest BCUT2D eigenvalue weighted by Crippen LogP contribution is -2.13. The number of aromatic nitrogens is 1. The van der Waals surface area contributed by atoms with Gasteiger partial charge in [0.2, 0.25) is 0 Å². The Hall–Kier alpha value is -3.05. The highest BCUT2D eigenvalue weighted by atomic mass is 19.1. The Morgan fingerprint density at radius 3 is 2.72 bits per heavy atom. The highest BCUT2D eigenvalue weighted by molar-refractivity contribution is 6.05. The van der Waals surface area contributed by atoms with Gasteiger partial charge in [-0.1, -0.05) is 18.2 Å². The van der Waals surface area contributed by atoms with Crippen molar-refractivity contribution in [3.05, 3.63) is 83.3 Å². The van der Waals surface area contributed by atoms with Gasteiger partial charge in [0, 0.05) is 23.0 Å². The number of halogens is 1. The highest BCUT2D eigenvalue weighted by Gasteiger charge is 2.12. The fraction of sp³-hybridized carbons (Fsp3) is 0.100. The molecular formula is C20H17FN2O2. The molecule has 0 atom stereocenters. The van der Waals surface area contributed by atoms with Crippen molar-refractivity contribution in [1.29, 1.82) is 0 Å². The largest absolute Gasteiger partial charge is 0.392 e. The number of anilines is 1. The van der Waals surface area contributed by atoms with Gasteiger partial charge in [0.25, 0.3) is 5.91 Å². The van der Waals surface area contributed by atoms with Gasteiger partial charge in [0.05, 0.1) is 12.3 Å². The van der Waals surface area contributed by atoms with Gasteiger partial charge in [-0.25, -0.2) is 4.39 Å². The molecule has 1 heterocycles. The molecule has 2 N–H and O–H groups in total. The molecule has 0 bridgehead atoms. The molecule has 126 valence electrons. The van der Waals surface area contributed by atoms with Crippen molar-refractivity contribution in [2.24, 2.45) is 0 Å². The van der Waals surface area contributed by atoms with Crippen LogP contribution in [0.2, 0.25) is 0 Å². The Labute approximate surface area is 145 Å². The van der Waals surface area contributed by atoms with Crippen LogP contribution in [0.15, 0.2) is 60.8 Å². The van der Waals surface area contributed by atoms with E-state index >= 15 is 0 Å². The lowest BCUT2D eigenvalue weighted by atomic mass is 10.1. The minimum atomic E-state index is -0.505. The standard InChI is InChI=1S/C20H17FN2O2/c1-13-5-6-14(12-24)8-19(13)23-20(25)16-9-15(10-17(21)11-16)18-4-2-3-7-22-18/h2-11,24H,12H2,1H3,(H,23,25). The Morgan fingerprint density at radius 1 is 1.16 bits per heavy atom. The second-order valence-corrected chi connectivity index (χ2v) is 5.71. The SMILES string of the molecule is Cc1ccc(CO)cc1NC(=O)c1cc(F)cc(-c2ccccn2)c1. The van der Waals surface area contributed by atoms with Crippen LogP contribution in [-0.2, 0) is 6.61 Å². The van der Waals surface area contributed by atoms with E-state index in [0.717, 1.165) is 5.56 Å². The topological polar surface area (TPSA) is 62.2 Å². The number of hydrogen-bond donors (Lipinski definition) is 2. The fourth-order valence-corrected chi connectivity index (χ4v) is 2.50. The highest BCUT2D eigenvalue weighted by Crippen LogP contribution is 2.22. The van der Waals surface area contributed by atoms with Crippen LogP contribution in [0.5, 0.6) is 0 Å². The molecule has 0 saturated heterocycles. The molecule has 5 heteroatoms. The predicted octanol–water partition coefficient (Wildman–Crippen LogP) is 3.94. The van der Waals surface area contributed by atoms with E-state index in [2.05, 4.69) is 10.3 Å². The molecule has 4 nitrogen and oxygen atoms in total. The van der Waals surface area contributed by atoms with Crippen molar-refractivity contribution < 1.29 is 14.3 Å². The van der Waals surface area contributed by atoms with E-state index in [9.17, 15) is 14.3 Å². The number of hydrogen-bond acceptors (Lipinski definition) is 3. The molecule has 0 saturated carbocycles. The number of rotatable bonds is 4. The second-order valence-electron chi connectivity index (χ2n) is 5.71. The summed E-state index contributed by atoms with van der Waals surface area (Å²) in [6.07, 6.45) is 1.61. The van der Waals surface area contributed by atoms with E-state index in [1.165, 1.54) is 12.1 Å². The molecule has 3 rings (SSSR count). The van der Waals surface area contributed by atoms with E-state index in [-0.39, 0.29) is 12.2 Å². The minimum Gasteiger partial charge on any atom is -0.392 e. The molecule has 0 unspecified atom stereocenters. The summed E-state index contributed by atoms with van der Waals surface area (Å²) in [5.41, 5.74) is 3.46. The van der Waals surface area contributed by atoms with Crippen LogP contribution in [0.25, 0.3) is 11.3 Å².